The van der Waals surface area contributed by atoms with Gasteiger partial charge in [-0.3, -0.25) is 0 Å². The quantitative estimate of drug-likeness (QED) is 0.867. The van der Waals surface area contributed by atoms with Gasteiger partial charge in [0.2, 0.25) is 0 Å². The smallest absolute Gasteiger partial charge is 0.177 e. The first kappa shape index (κ1) is 9.73. The molecule has 1 aromatic carbocycles. The molecule has 0 atom stereocenters. The second-order valence-corrected chi connectivity index (χ2v) is 6.01. The Kier molecular flexibility index (Phi) is 2.16. The van der Waals surface area contributed by atoms with Crippen molar-refractivity contribution < 1.29 is 8.42 Å². The fraction of sp³-hybridized carbons (Fsp3) is 0.111. The largest absolute Gasteiger partial charge is 0.360 e. The van der Waals surface area contributed by atoms with Crippen molar-refractivity contribution in [2.24, 2.45) is 0 Å². The maximum Gasteiger partial charge on any atom is 0.177 e. The number of hydrogen-bond acceptors (Lipinski definition) is 2. The fourth-order valence-electron chi connectivity index (χ4n) is 1.38. The third-order valence-electron chi connectivity index (χ3n) is 2.01. The van der Waals surface area contributed by atoms with Crippen LogP contribution in [-0.2, 0) is 9.84 Å². The maximum absolute atomic E-state index is 11.4. The summed E-state index contributed by atoms with van der Waals surface area (Å²) in [5.74, 6) is 0. The van der Waals surface area contributed by atoms with E-state index in [2.05, 4.69) is 20.9 Å². The number of aromatic amines is 1. The summed E-state index contributed by atoms with van der Waals surface area (Å²) in [5, 5.41) is 0.732. The number of sulfone groups is 1. The van der Waals surface area contributed by atoms with E-state index in [1.807, 2.05) is 12.1 Å². The van der Waals surface area contributed by atoms with Crippen molar-refractivity contribution in [1.29, 1.82) is 0 Å². The zero-order chi connectivity index (χ0) is 10.3. The van der Waals surface area contributed by atoms with Crippen molar-refractivity contribution >= 4 is 36.7 Å². The standard InChI is InChI=1S/C9H8BrNO2S/c1-14(12,13)9-5-11-8-4-6(10)2-3-7(8)9/h2-5,11H,1H3. The summed E-state index contributed by atoms with van der Waals surface area (Å²) < 4.78 is 23.6. The molecule has 14 heavy (non-hydrogen) atoms. The molecule has 0 unspecified atom stereocenters. The van der Waals surface area contributed by atoms with Crippen LogP contribution < -0.4 is 0 Å². The summed E-state index contributed by atoms with van der Waals surface area (Å²) in [6.45, 7) is 0. The number of benzene rings is 1. The van der Waals surface area contributed by atoms with E-state index in [1.165, 1.54) is 12.5 Å². The van der Waals surface area contributed by atoms with Crippen LogP contribution in [-0.4, -0.2) is 19.7 Å². The maximum atomic E-state index is 11.4. The van der Waals surface area contributed by atoms with Crippen molar-refractivity contribution in [3.05, 3.63) is 28.9 Å². The molecule has 2 aromatic rings. The number of fused-ring (bicyclic) bond motifs is 1. The van der Waals surface area contributed by atoms with Gasteiger partial charge < -0.3 is 4.98 Å². The molecule has 1 aromatic heterocycles. The molecule has 0 aliphatic heterocycles. The molecule has 0 saturated carbocycles. The molecule has 1 N–H and O–H groups in total. The number of hydrogen-bond donors (Lipinski definition) is 1. The van der Waals surface area contributed by atoms with Crippen molar-refractivity contribution in [2.75, 3.05) is 6.26 Å². The summed E-state index contributed by atoms with van der Waals surface area (Å²) in [4.78, 5) is 3.27. The van der Waals surface area contributed by atoms with Gasteiger partial charge in [0.05, 0.1) is 4.90 Å². The second-order valence-electron chi connectivity index (χ2n) is 3.11. The SMILES string of the molecule is CS(=O)(=O)c1c[nH]c2cc(Br)ccc12. The molecule has 5 heteroatoms. The van der Waals surface area contributed by atoms with E-state index in [4.69, 9.17) is 0 Å². The lowest BCUT2D eigenvalue weighted by Gasteiger charge is -1.95. The van der Waals surface area contributed by atoms with E-state index >= 15 is 0 Å². The summed E-state index contributed by atoms with van der Waals surface area (Å²) >= 11 is 3.32. The Bertz CT molecular complexity index is 586. The normalized spacial score (nSPS) is 12.1. The number of rotatable bonds is 1. The monoisotopic (exact) mass is 273 g/mol. The molecule has 0 radical (unpaired) electrons. The zero-order valence-electron chi connectivity index (χ0n) is 7.41. The second kappa shape index (κ2) is 3.10. The highest BCUT2D eigenvalue weighted by molar-refractivity contribution is 9.10. The van der Waals surface area contributed by atoms with Gasteiger partial charge in [0.25, 0.3) is 0 Å². The van der Waals surface area contributed by atoms with Crippen LogP contribution in [0.2, 0.25) is 0 Å². The first-order valence-electron chi connectivity index (χ1n) is 3.95. The molecule has 0 aliphatic carbocycles. The Morgan fingerprint density at radius 3 is 2.71 bits per heavy atom. The molecular formula is C9H8BrNO2S. The van der Waals surface area contributed by atoms with Gasteiger partial charge in [0.15, 0.2) is 9.84 Å². The number of halogens is 1. The summed E-state index contributed by atoms with van der Waals surface area (Å²) in [6.07, 6.45) is 2.73. The van der Waals surface area contributed by atoms with Crippen LogP contribution in [0.25, 0.3) is 10.9 Å². The Balaban J connectivity index is 2.83. The summed E-state index contributed by atoms with van der Waals surface area (Å²) in [5.41, 5.74) is 0.819. The Morgan fingerprint density at radius 1 is 1.36 bits per heavy atom. The van der Waals surface area contributed by atoms with Gasteiger partial charge in [0.1, 0.15) is 0 Å². The molecule has 0 fully saturated rings. The lowest BCUT2D eigenvalue weighted by molar-refractivity contribution is 0.602. The van der Waals surface area contributed by atoms with E-state index in [0.29, 0.717) is 4.90 Å². The minimum Gasteiger partial charge on any atom is -0.360 e. The highest BCUT2D eigenvalue weighted by Gasteiger charge is 2.12. The van der Waals surface area contributed by atoms with E-state index in [9.17, 15) is 8.42 Å². The lowest BCUT2D eigenvalue weighted by Crippen LogP contribution is -1.94. The van der Waals surface area contributed by atoms with Gasteiger partial charge in [-0.05, 0) is 12.1 Å². The molecule has 3 nitrogen and oxygen atoms in total. The molecule has 0 aliphatic rings. The van der Waals surface area contributed by atoms with Crippen LogP contribution >= 0.6 is 15.9 Å². The minimum atomic E-state index is -3.15. The highest BCUT2D eigenvalue weighted by atomic mass is 79.9. The topological polar surface area (TPSA) is 49.9 Å². The van der Waals surface area contributed by atoms with Gasteiger partial charge in [-0.1, -0.05) is 22.0 Å². The zero-order valence-corrected chi connectivity index (χ0v) is 9.81. The average molecular weight is 274 g/mol. The molecule has 0 saturated heterocycles. The molecule has 1 heterocycles. The van der Waals surface area contributed by atoms with Gasteiger partial charge in [0, 0.05) is 27.8 Å². The molecule has 0 bridgehead atoms. The van der Waals surface area contributed by atoms with Crippen LogP contribution in [0.5, 0.6) is 0 Å². The van der Waals surface area contributed by atoms with Gasteiger partial charge in [-0.15, -0.1) is 0 Å². The van der Waals surface area contributed by atoms with Gasteiger partial charge in [-0.25, -0.2) is 8.42 Å². The van der Waals surface area contributed by atoms with Crippen molar-refractivity contribution in [3.63, 3.8) is 0 Å². The summed E-state index contributed by atoms with van der Waals surface area (Å²) in [6, 6.07) is 5.46. The highest BCUT2D eigenvalue weighted by Crippen LogP contribution is 2.25. The van der Waals surface area contributed by atoms with Crippen LogP contribution in [0.3, 0.4) is 0 Å². The fourth-order valence-corrected chi connectivity index (χ4v) is 2.59. The molecule has 0 amide bonds. The van der Waals surface area contributed by atoms with E-state index in [-0.39, 0.29) is 0 Å². The van der Waals surface area contributed by atoms with E-state index in [1.54, 1.807) is 6.07 Å². The Hall–Kier alpha value is -0.810. The number of aromatic nitrogens is 1. The lowest BCUT2D eigenvalue weighted by atomic mass is 10.2. The first-order chi connectivity index (χ1) is 6.48. The average Bonchev–Trinajstić information content (AvgIpc) is 2.45. The number of nitrogens with one attached hydrogen (secondary N) is 1. The van der Waals surface area contributed by atoms with Gasteiger partial charge >= 0.3 is 0 Å². The Labute approximate surface area is 90.2 Å². The molecule has 0 spiro atoms. The predicted molar refractivity (Wildman–Crippen MR) is 59.1 cm³/mol. The van der Waals surface area contributed by atoms with Crippen LogP contribution in [0.15, 0.2) is 33.8 Å². The first-order valence-corrected chi connectivity index (χ1v) is 6.63. The molecule has 2 rings (SSSR count). The van der Waals surface area contributed by atoms with E-state index < -0.39 is 9.84 Å². The molecular weight excluding hydrogens is 266 g/mol. The van der Waals surface area contributed by atoms with Crippen molar-refractivity contribution in [2.45, 2.75) is 4.90 Å². The summed E-state index contributed by atoms with van der Waals surface area (Å²) in [7, 11) is -3.15. The van der Waals surface area contributed by atoms with Crippen molar-refractivity contribution in [1.82, 2.24) is 4.98 Å². The molecule has 74 valence electrons. The van der Waals surface area contributed by atoms with Gasteiger partial charge in [-0.2, -0.15) is 0 Å². The van der Waals surface area contributed by atoms with Crippen LogP contribution in [0, 0.1) is 0 Å². The third-order valence-corrected chi connectivity index (χ3v) is 3.64. The third kappa shape index (κ3) is 1.57. The van der Waals surface area contributed by atoms with Crippen LogP contribution in [0.4, 0.5) is 0 Å². The number of H-pyrrole nitrogens is 1. The van der Waals surface area contributed by atoms with E-state index in [0.717, 1.165) is 15.4 Å². The Morgan fingerprint density at radius 2 is 2.07 bits per heavy atom. The predicted octanol–water partition coefficient (Wildman–Crippen LogP) is 2.33. The van der Waals surface area contributed by atoms with Crippen molar-refractivity contribution in [3.8, 4) is 0 Å². The van der Waals surface area contributed by atoms with Crippen LogP contribution in [0.1, 0.15) is 0 Å². The minimum absolute atomic E-state index is 0.347.